The van der Waals surface area contributed by atoms with Crippen LogP contribution < -0.4 is 10.6 Å². The maximum Gasteiger partial charge on any atom is 0.255 e. The quantitative estimate of drug-likeness (QED) is 0.891. The predicted octanol–water partition coefficient (Wildman–Crippen LogP) is 3.09. The lowest BCUT2D eigenvalue weighted by atomic mass is 10.1. The van der Waals surface area contributed by atoms with Crippen molar-refractivity contribution in [2.24, 2.45) is 0 Å². The third kappa shape index (κ3) is 2.51. The Morgan fingerprint density at radius 3 is 2.85 bits per heavy atom. The number of halogens is 1. The number of rotatable bonds is 2. The first-order valence-corrected chi connectivity index (χ1v) is 6.49. The molecule has 20 heavy (non-hydrogen) atoms. The SMILES string of the molecule is O=C1Cc2ccc(C(=O)Nc3cccc(Cl)c3)cc2N1. The average Bonchev–Trinajstić information content (AvgIpc) is 2.77. The summed E-state index contributed by atoms with van der Waals surface area (Å²) >= 11 is 5.87. The molecule has 0 atom stereocenters. The van der Waals surface area contributed by atoms with Crippen LogP contribution >= 0.6 is 11.6 Å². The lowest BCUT2D eigenvalue weighted by Crippen LogP contribution is -2.12. The highest BCUT2D eigenvalue weighted by Crippen LogP contribution is 2.24. The van der Waals surface area contributed by atoms with Crippen LogP contribution in [0.5, 0.6) is 0 Å². The van der Waals surface area contributed by atoms with Crippen molar-refractivity contribution in [3.63, 3.8) is 0 Å². The van der Waals surface area contributed by atoms with E-state index in [4.69, 9.17) is 11.6 Å². The molecular formula is C15H11ClN2O2. The van der Waals surface area contributed by atoms with Crippen molar-refractivity contribution in [1.29, 1.82) is 0 Å². The third-order valence-electron chi connectivity index (χ3n) is 3.08. The van der Waals surface area contributed by atoms with Gasteiger partial charge in [-0.1, -0.05) is 23.7 Å². The summed E-state index contributed by atoms with van der Waals surface area (Å²) in [5.41, 5.74) is 2.74. The highest BCUT2D eigenvalue weighted by Gasteiger charge is 2.19. The van der Waals surface area contributed by atoms with Crippen molar-refractivity contribution >= 4 is 34.8 Å². The summed E-state index contributed by atoms with van der Waals surface area (Å²) in [6.45, 7) is 0. The van der Waals surface area contributed by atoms with E-state index >= 15 is 0 Å². The van der Waals surface area contributed by atoms with E-state index in [9.17, 15) is 9.59 Å². The maximum absolute atomic E-state index is 12.1. The minimum Gasteiger partial charge on any atom is -0.326 e. The second-order valence-electron chi connectivity index (χ2n) is 4.56. The zero-order valence-electron chi connectivity index (χ0n) is 10.4. The van der Waals surface area contributed by atoms with Gasteiger partial charge in [0, 0.05) is 22.0 Å². The fourth-order valence-corrected chi connectivity index (χ4v) is 2.32. The monoisotopic (exact) mass is 286 g/mol. The van der Waals surface area contributed by atoms with Crippen molar-refractivity contribution < 1.29 is 9.59 Å². The van der Waals surface area contributed by atoms with Gasteiger partial charge in [0.05, 0.1) is 6.42 Å². The fraction of sp³-hybridized carbons (Fsp3) is 0.0667. The molecule has 5 heteroatoms. The topological polar surface area (TPSA) is 58.2 Å². The van der Waals surface area contributed by atoms with Crippen molar-refractivity contribution in [2.45, 2.75) is 6.42 Å². The van der Waals surface area contributed by atoms with Crippen LogP contribution in [0, 0.1) is 0 Å². The molecule has 0 saturated heterocycles. The molecule has 0 unspecified atom stereocenters. The number of carbonyl (C=O) groups is 2. The van der Waals surface area contributed by atoms with Gasteiger partial charge in [-0.15, -0.1) is 0 Å². The van der Waals surface area contributed by atoms with E-state index in [0.29, 0.717) is 28.4 Å². The molecule has 0 aliphatic carbocycles. The van der Waals surface area contributed by atoms with Crippen LogP contribution in [0.4, 0.5) is 11.4 Å². The van der Waals surface area contributed by atoms with Gasteiger partial charge < -0.3 is 10.6 Å². The normalized spacial score (nSPS) is 12.8. The fourth-order valence-electron chi connectivity index (χ4n) is 2.13. The first-order chi connectivity index (χ1) is 9.61. The van der Waals surface area contributed by atoms with E-state index in [1.165, 1.54) is 0 Å². The zero-order valence-corrected chi connectivity index (χ0v) is 11.2. The summed E-state index contributed by atoms with van der Waals surface area (Å²) in [5.74, 6) is -0.288. The molecule has 2 aromatic rings. The average molecular weight is 287 g/mol. The Balaban J connectivity index is 1.81. The number of hydrogen-bond acceptors (Lipinski definition) is 2. The minimum atomic E-state index is -0.240. The highest BCUT2D eigenvalue weighted by atomic mass is 35.5. The summed E-state index contributed by atoms with van der Waals surface area (Å²) in [6, 6.07) is 12.1. The van der Waals surface area contributed by atoms with Gasteiger partial charge >= 0.3 is 0 Å². The van der Waals surface area contributed by atoms with Crippen molar-refractivity contribution in [3.05, 3.63) is 58.6 Å². The van der Waals surface area contributed by atoms with Crippen LogP contribution in [-0.4, -0.2) is 11.8 Å². The Labute approximate surface area is 120 Å². The number of benzene rings is 2. The molecule has 4 nitrogen and oxygen atoms in total. The molecule has 1 aliphatic rings. The molecule has 1 heterocycles. The molecule has 2 aromatic carbocycles. The highest BCUT2D eigenvalue weighted by molar-refractivity contribution is 6.31. The van der Waals surface area contributed by atoms with Crippen LogP contribution in [0.3, 0.4) is 0 Å². The lowest BCUT2D eigenvalue weighted by Gasteiger charge is -2.07. The standard InChI is InChI=1S/C15H11ClN2O2/c16-11-2-1-3-12(8-11)17-15(20)10-5-4-9-7-14(19)18-13(9)6-10/h1-6,8H,7H2,(H,17,20)(H,18,19). The predicted molar refractivity (Wildman–Crippen MR) is 78.2 cm³/mol. The molecular weight excluding hydrogens is 276 g/mol. The van der Waals surface area contributed by atoms with Crippen molar-refractivity contribution in [1.82, 2.24) is 0 Å². The largest absolute Gasteiger partial charge is 0.326 e. The Morgan fingerprint density at radius 1 is 1.20 bits per heavy atom. The number of amides is 2. The first-order valence-electron chi connectivity index (χ1n) is 6.11. The van der Waals surface area contributed by atoms with Crippen LogP contribution in [0.15, 0.2) is 42.5 Å². The number of nitrogens with one attached hydrogen (secondary N) is 2. The number of anilines is 2. The van der Waals surface area contributed by atoms with Gasteiger partial charge in [0.2, 0.25) is 5.91 Å². The van der Waals surface area contributed by atoms with Gasteiger partial charge in [0.15, 0.2) is 0 Å². The Morgan fingerprint density at radius 2 is 2.05 bits per heavy atom. The van der Waals surface area contributed by atoms with Crippen molar-refractivity contribution in [2.75, 3.05) is 10.6 Å². The Hall–Kier alpha value is -2.33. The Kier molecular flexibility index (Phi) is 3.16. The second-order valence-corrected chi connectivity index (χ2v) is 5.00. The van der Waals surface area contributed by atoms with Crippen LogP contribution in [0.2, 0.25) is 5.02 Å². The van der Waals surface area contributed by atoms with E-state index in [-0.39, 0.29) is 11.8 Å². The minimum absolute atomic E-state index is 0.0487. The van der Waals surface area contributed by atoms with Gasteiger partial charge in [-0.3, -0.25) is 9.59 Å². The lowest BCUT2D eigenvalue weighted by molar-refractivity contribution is -0.115. The summed E-state index contributed by atoms with van der Waals surface area (Å²) in [6.07, 6.45) is 0.367. The van der Waals surface area contributed by atoms with Crippen molar-refractivity contribution in [3.8, 4) is 0 Å². The van der Waals surface area contributed by atoms with E-state index in [0.717, 1.165) is 5.56 Å². The first kappa shape index (κ1) is 12.7. The molecule has 2 N–H and O–H groups in total. The molecule has 0 spiro atoms. The Bertz CT molecular complexity index is 713. The van der Waals surface area contributed by atoms with Gasteiger partial charge in [0.1, 0.15) is 0 Å². The van der Waals surface area contributed by atoms with Gasteiger partial charge in [-0.25, -0.2) is 0 Å². The number of carbonyl (C=O) groups excluding carboxylic acids is 2. The molecule has 0 saturated carbocycles. The molecule has 0 fully saturated rings. The summed E-state index contributed by atoms with van der Waals surface area (Å²) < 4.78 is 0. The maximum atomic E-state index is 12.1. The summed E-state index contributed by atoms with van der Waals surface area (Å²) in [4.78, 5) is 23.4. The van der Waals surface area contributed by atoms with E-state index in [1.807, 2.05) is 0 Å². The molecule has 0 radical (unpaired) electrons. The summed E-state index contributed by atoms with van der Waals surface area (Å²) in [7, 11) is 0. The molecule has 0 bridgehead atoms. The van der Waals surface area contributed by atoms with E-state index < -0.39 is 0 Å². The molecule has 1 aliphatic heterocycles. The van der Waals surface area contributed by atoms with Crippen LogP contribution in [0.25, 0.3) is 0 Å². The third-order valence-corrected chi connectivity index (χ3v) is 3.31. The van der Waals surface area contributed by atoms with Gasteiger partial charge in [-0.05, 0) is 35.9 Å². The number of fused-ring (bicyclic) bond motifs is 1. The van der Waals surface area contributed by atoms with Gasteiger partial charge in [0.25, 0.3) is 5.91 Å². The van der Waals surface area contributed by atoms with E-state index in [2.05, 4.69) is 10.6 Å². The smallest absolute Gasteiger partial charge is 0.255 e. The summed E-state index contributed by atoms with van der Waals surface area (Å²) in [5, 5.41) is 6.05. The van der Waals surface area contributed by atoms with Gasteiger partial charge in [-0.2, -0.15) is 0 Å². The van der Waals surface area contributed by atoms with Crippen LogP contribution in [-0.2, 0) is 11.2 Å². The molecule has 100 valence electrons. The van der Waals surface area contributed by atoms with E-state index in [1.54, 1.807) is 42.5 Å². The van der Waals surface area contributed by atoms with Crippen LogP contribution in [0.1, 0.15) is 15.9 Å². The zero-order chi connectivity index (χ0) is 14.1. The second kappa shape index (κ2) is 4.98. The molecule has 0 aromatic heterocycles. The number of hydrogen-bond donors (Lipinski definition) is 2. The molecule has 2 amide bonds. The molecule has 3 rings (SSSR count).